The smallest absolute Gasteiger partial charge is 0.0362 e. The summed E-state index contributed by atoms with van der Waals surface area (Å²) in [6.45, 7) is 9.10. The summed E-state index contributed by atoms with van der Waals surface area (Å²) in [5.74, 6) is 0. The van der Waals surface area contributed by atoms with Crippen LogP contribution >= 0.6 is 11.3 Å². The summed E-state index contributed by atoms with van der Waals surface area (Å²) in [4.78, 5) is 0. The Bertz CT molecular complexity index is 3240. The predicted molar refractivity (Wildman–Crippen MR) is 245 cm³/mol. The number of benzene rings is 9. The summed E-state index contributed by atoms with van der Waals surface area (Å²) in [5, 5.41) is 10.6. The maximum atomic E-state index is 2.52. The topological polar surface area (TPSA) is 0 Å². The zero-order valence-corrected chi connectivity index (χ0v) is 32.9. The third-order valence-electron chi connectivity index (χ3n) is 12.5. The van der Waals surface area contributed by atoms with Crippen LogP contribution in [0.1, 0.15) is 43.0 Å². The molecule has 0 N–H and O–H groups in total. The van der Waals surface area contributed by atoms with Crippen LogP contribution in [0.4, 0.5) is 0 Å². The fourth-order valence-corrected chi connectivity index (χ4v) is 10.9. The van der Waals surface area contributed by atoms with Crippen LogP contribution in [-0.4, -0.2) is 0 Å². The van der Waals surface area contributed by atoms with Crippen molar-refractivity contribution in [3.05, 3.63) is 186 Å². The molecule has 1 aromatic heterocycles. The molecular formula is C55H40S. The van der Waals surface area contributed by atoms with Crippen LogP contribution in [0.3, 0.4) is 0 Å². The van der Waals surface area contributed by atoms with E-state index in [1.807, 2.05) is 11.3 Å². The van der Waals surface area contributed by atoms with Crippen LogP contribution in [0.25, 0.3) is 103 Å². The van der Waals surface area contributed by atoms with Crippen molar-refractivity contribution in [2.24, 2.45) is 0 Å². The first kappa shape index (κ1) is 33.1. The fraction of sp³-hybridized carbons (Fsp3) is 0.0909. The maximum Gasteiger partial charge on any atom is 0.0362 e. The zero-order valence-electron chi connectivity index (χ0n) is 32.1. The summed E-state index contributed by atoms with van der Waals surface area (Å²) in [6, 6.07) is 59.6. The quantitative estimate of drug-likeness (QED) is 0.158. The van der Waals surface area contributed by atoms with Gasteiger partial charge < -0.3 is 0 Å². The third kappa shape index (κ3) is 4.77. The summed E-state index contributed by atoms with van der Waals surface area (Å²) < 4.78 is 2.71. The number of hydrogen-bond donors (Lipinski definition) is 0. The molecule has 0 saturated heterocycles. The molecule has 0 unspecified atom stereocenters. The SMILES string of the molecule is C/C=C\c1cc(-c2cccc(-c3c4ccccc4c(-c4ccc5c(c4)C(C)(C)c4ccc6ccc7sc8ccccc8c7c6c4-5)c4ccccc34)c2)ccc1C. The van der Waals surface area contributed by atoms with Crippen molar-refractivity contribution in [2.75, 3.05) is 0 Å². The molecule has 0 fully saturated rings. The molecular weight excluding hydrogens is 693 g/mol. The summed E-state index contributed by atoms with van der Waals surface area (Å²) >= 11 is 1.90. The van der Waals surface area contributed by atoms with Crippen LogP contribution in [-0.2, 0) is 5.41 Å². The molecule has 1 heteroatoms. The monoisotopic (exact) mass is 732 g/mol. The molecule has 1 aliphatic carbocycles. The molecule has 11 rings (SSSR count). The zero-order chi connectivity index (χ0) is 37.7. The molecule has 0 bridgehead atoms. The van der Waals surface area contributed by atoms with E-state index in [2.05, 4.69) is 198 Å². The van der Waals surface area contributed by atoms with E-state index in [9.17, 15) is 0 Å². The van der Waals surface area contributed by atoms with E-state index in [4.69, 9.17) is 0 Å². The molecule has 0 aliphatic heterocycles. The van der Waals surface area contributed by atoms with Gasteiger partial charge in [-0.1, -0.05) is 153 Å². The molecule has 10 aromatic rings. The van der Waals surface area contributed by atoms with Crippen LogP contribution in [0, 0.1) is 6.92 Å². The highest BCUT2D eigenvalue weighted by atomic mass is 32.1. The number of allylic oxidation sites excluding steroid dienone is 1. The number of hydrogen-bond acceptors (Lipinski definition) is 1. The van der Waals surface area contributed by atoms with Gasteiger partial charge in [0.25, 0.3) is 0 Å². The Morgan fingerprint density at radius 2 is 1.07 bits per heavy atom. The first-order chi connectivity index (χ1) is 27.4. The molecule has 0 spiro atoms. The van der Waals surface area contributed by atoms with Gasteiger partial charge in [-0.2, -0.15) is 0 Å². The lowest BCUT2D eigenvalue weighted by Crippen LogP contribution is -2.15. The molecule has 56 heavy (non-hydrogen) atoms. The highest BCUT2D eigenvalue weighted by molar-refractivity contribution is 7.26. The molecule has 1 heterocycles. The van der Waals surface area contributed by atoms with Gasteiger partial charge in [0.05, 0.1) is 0 Å². The van der Waals surface area contributed by atoms with E-state index in [1.54, 1.807) is 0 Å². The summed E-state index contributed by atoms with van der Waals surface area (Å²) in [5.41, 5.74) is 15.5. The predicted octanol–water partition coefficient (Wildman–Crippen LogP) is 16.2. The minimum Gasteiger partial charge on any atom is -0.135 e. The Kier molecular flexibility index (Phi) is 7.31. The minimum absolute atomic E-state index is 0.155. The van der Waals surface area contributed by atoms with Gasteiger partial charge in [-0.15, -0.1) is 11.3 Å². The van der Waals surface area contributed by atoms with E-state index in [0.29, 0.717) is 0 Å². The Labute approximate surface area is 332 Å². The largest absolute Gasteiger partial charge is 0.135 e. The van der Waals surface area contributed by atoms with Gasteiger partial charge in [0.1, 0.15) is 0 Å². The van der Waals surface area contributed by atoms with Gasteiger partial charge in [0, 0.05) is 25.6 Å². The van der Waals surface area contributed by atoms with Crippen molar-refractivity contribution in [1.82, 2.24) is 0 Å². The fourth-order valence-electron chi connectivity index (χ4n) is 9.80. The van der Waals surface area contributed by atoms with Crippen LogP contribution in [0.2, 0.25) is 0 Å². The van der Waals surface area contributed by atoms with E-state index < -0.39 is 0 Å². The van der Waals surface area contributed by atoms with E-state index in [0.717, 1.165) is 0 Å². The van der Waals surface area contributed by atoms with Crippen molar-refractivity contribution in [3.8, 4) is 44.5 Å². The number of aryl methyl sites for hydroxylation is 1. The Hall–Kier alpha value is -6.28. The Morgan fingerprint density at radius 3 is 1.79 bits per heavy atom. The van der Waals surface area contributed by atoms with E-state index in [-0.39, 0.29) is 5.41 Å². The molecule has 0 nitrogen and oxygen atoms in total. The Morgan fingerprint density at radius 1 is 0.464 bits per heavy atom. The van der Waals surface area contributed by atoms with Gasteiger partial charge in [-0.25, -0.2) is 0 Å². The molecule has 0 amide bonds. The lowest BCUT2D eigenvalue weighted by Gasteiger charge is -2.23. The normalized spacial score (nSPS) is 13.4. The molecule has 0 saturated carbocycles. The average Bonchev–Trinajstić information content (AvgIpc) is 3.72. The minimum atomic E-state index is -0.155. The van der Waals surface area contributed by atoms with Gasteiger partial charge in [0.15, 0.2) is 0 Å². The lowest BCUT2D eigenvalue weighted by molar-refractivity contribution is 0.661. The highest BCUT2D eigenvalue weighted by Crippen LogP contribution is 2.55. The molecule has 0 atom stereocenters. The highest BCUT2D eigenvalue weighted by Gasteiger charge is 2.37. The first-order valence-corrected chi connectivity index (χ1v) is 20.5. The first-order valence-electron chi connectivity index (χ1n) is 19.7. The van der Waals surface area contributed by atoms with E-state index >= 15 is 0 Å². The maximum absolute atomic E-state index is 2.52. The summed E-state index contributed by atoms with van der Waals surface area (Å²) in [6.07, 6.45) is 4.32. The molecule has 1 aliphatic rings. The van der Waals surface area contributed by atoms with Crippen LogP contribution in [0.15, 0.2) is 164 Å². The van der Waals surface area contributed by atoms with Crippen molar-refractivity contribution < 1.29 is 0 Å². The molecule has 266 valence electrons. The second-order valence-electron chi connectivity index (χ2n) is 16.0. The third-order valence-corrected chi connectivity index (χ3v) is 13.6. The van der Waals surface area contributed by atoms with Crippen molar-refractivity contribution in [1.29, 1.82) is 0 Å². The molecule has 0 radical (unpaired) electrons. The Balaban J connectivity index is 1.13. The van der Waals surface area contributed by atoms with Crippen molar-refractivity contribution >= 4 is 69.9 Å². The van der Waals surface area contributed by atoms with Crippen molar-refractivity contribution in [2.45, 2.75) is 33.1 Å². The van der Waals surface area contributed by atoms with Crippen molar-refractivity contribution in [3.63, 3.8) is 0 Å². The second-order valence-corrected chi connectivity index (χ2v) is 17.1. The van der Waals surface area contributed by atoms with Gasteiger partial charge in [-0.05, 0) is 143 Å². The standard InChI is InChI=1S/C55H40S/c1-5-13-35-30-37(23-22-33(35)2)36-14-12-15-38(31-36)50-40-16-6-8-18-42(40)51(43-19-9-7-17-41(43)50)39-24-27-44-47(32-39)55(3,4)46-28-25-34-26-29-49-54(52(34)53(44)46)45-20-10-11-21-48(45)56-49/h5-32H,1-4H3/b13-5-. The van der Waals surface area contributed by atoms with Gasteiger partial charge >= 0.3 is 0 Å². The van der Waals surface area contributed by atoms with Gasteiger partial charge in [-0.3, -0.25) is 0 Å². The summed E-state index contributed by atoms with van der Waals surface area (Å²) in [7, 11) is 0. The lowest BCUT2D eigenvalue weighted by atomic mass is 9.80. The number of rotatable bonds is 4. The van der Waals surface area contributed by atoms with E-state index in [1.165, 1.54) is 119 Å². The number of fused-ring (bicyclic) bond motifs is 11. The molecule has 9 aromatic carbocycles. The van der Waals surface area contributed by atoms with Gasteiger partial charge in [0.2, 0.25) is 0 Å². The van der Waals surface area contributed by atoms with Crippen LogP contribution in [0.5, 0.6) is 0 Å². The van der Waals surface area contributed by atoms with Crippen LogP contribution < -0.4 is 0 Å². The number of thiophene rings is 1. The second kappa shape index (κ2) is 12.4. The average molecular weight is 733 g/mol.